The maximum atomic E-state index is 12.5. The molecule has 0 saturated carbocycles. The van der Waals surface area contributed by atoms with E-state index in [0.717, 1.165) is 16.5 Å². The molecule has 0 aliphatic heterocycles. The summed E-state index contributed by atoms with van der Waals surface area (Å²) in [6, 6.07) is 18.0. The monoisotopic (exact) mass is 329 g/mol. The number of fused-ring (bicyclic) bond motifs is 1. The highest BCUT2D eigenvalue weighted by atomic mass is 16.3. The Hall–Kier alpha value is -3.60. The molecule has 5 heteroatoms. The van der Waals surface area contributed by atoms with Crippen molar-refractivity contribution in [2.45, 2.75) is 0 Å². The number of phenolic OH excluding ortho intramolecular Hbond substituents is 1. The number of hydrogen-bond donors (Lipinski definition) is 2. The van der Waals surface area contributed by atoms with Crippen LogP contribution < -0.4 is 5.32 Å². The van der Waals surface area contributed by atoms with Gasteiger partial charge in [-0.05, 0) is 53.2 Å². The predicted octanol–water partition coefficient (Wildman–Crippen LogP) is 3.98. The second-order valence-electron chi connectivity index (χ2n) is 5.72. The lowest BCUT2D eigenvalue weighted by Crippen LogP contribution is -2.12. The van der Waals surface area contributed by atoms with Gasteiger partial charge in [0.25, 0.3) is 5.91 Å². The van der Waals surface area contributed by atoms with Gasteiger partial charge in [0, 0.05) is 29.3 Å². The average Bonchev–Trinajstić information content (AvgIpc) is 3.16. The van der Waals surface area contributed by atoms with Crippen LogP contribution in [0, 0.1) is 0 Å². The number of imidazole rings is 1. The van der Waals surface area contributed by atoms with E-state index in [9.17, 15) is 9.90 Å². The Morgan fingerprint density at radius 2 is 1.84 bits per heavy atom. The first-order valence-electron chi connectivity index (χ1n) is 7.81. The molecule has 0 radical (unpaired) electrons. The van der Waals surface area contributed by atoms with Gasteiger partial charge in [-0.2, -0.15) is 0 Å². The first-order chi connectivity index (χ1) is 12.2. The second-order valence-corrected chi connectivity index (χ2v) is 5.72. The van der Waals surface area contributed by atoms with Crippen LogP contribution in [0.4, 0.5) is 5.69 Å². The zero-order chi connectivity index (χ0) is 17.2. The molecular formula is C20H15N3O2. The quantitative estimate of drug-likeness (QED) is 0.597. The van der Waals surface area contributed by atoms with Gasteiger partial charge in [0.15, 0.2) is 0 Å². The number of amides is 1. The Balaban J connectivity index is 1.60. The maximum absolute atomic E-state index is 12.5. The van der Waals surface area contributed by atoms with Crippen LogP contribution in [0.2, 0.25) is 0 Å². The lowest BCUT2D eigenvalue weighted by atomic mass is 10.1. The molecule has 0 saturated heterocycles. The number of carbonyl (C=O) groups excluding carboxylic acids is 1. The first-order valence-corrected chi connectivity index (χ1v) is 7.81. The van der Waals surface area contributed by atoms with Crippen molar-refractivity contribution >= 4 is 22.4 Å². The number of aromatic hydroxyl groups is 1. The minimum absolute atomic E-state index is 0.183. The minimum Gasteiger partial charge on any atom is -0.508 e. The van der Waals surface area contributed by atoms with E-state index >= 15 is 0 Å². The Morgan fingerprint density at radius 3 is 2.68 bits per heavy atom. The standard InChI is InChI=1S/C20H15N3O2/c24-19-7-6-14-10-16(5-4-15(14)11-19)20(25)22-17-2-1-3-18(12-17)23-9-8-21-13-23/h1-13,24H,(H,22,25). The van der Waals surface area contributed by atoms with E-state index in [1.165, 1.54) is 0 Å². The van der Waals surface area contributed by atoms with Crippen molar-refractivity contribution in [3.05, 3.63) is 84.9 Å². The van der Waals surface area contributed by atoms with E-state index in [1.54, 1.807) is 36.8 Å². The average molecular weight is 329 g/mol. The van der Waals surface area contributed by atoms with Crippen LogP contribution in [0.5, 0.6) is 5.75 Å². The Bertz CT molecular complexity index is 1060. The van der Waals surface area contributed by atoms with Gasteiger partial charge in [0.1, 0.15) is 5.75 Å². The van der Waals surface area contributed by atoms with E-state index in [1.807, 2.05) is 47.2 Å². The Morgan fingerprint density at radius 1 is 1.00 bits per heavy atom. The molecule has 4 rings (SSSR count). The predicted molar refractivity (Wildman–Crippen MR) is 97.1 cm³/mol. The lowest BCUT2D eigenvalue weighted by Gasteiger charge is -2.09. The number of nitrogens with zero attached hydrogens (tertiary/aromatic N) is 2. The molecule has 3 aromatic carbocycles. The third-order valence-corrected chi connectivity index (χ3v) is 3.99. The fraction of sp³-hybridized carbons (Fsp3) is 0. The van der Waals surface area contributed by atoms with Crippen molar-refractivity contribution in [3.8, 4) is 11.4 Å². The topological polar surface area (TPSA) is 67.2 Å². The molecule has 25 heavy (non-hydrogen) atoms. The van der Waals surface area contributed by atoms with Crippen molar-refractivity contribution in [2.24, 2.45) is 0 Å². The van der Waals surface area contributed by atoms with Crippen LogP contribution in [-0.4, -0.2) is 20.6 Å². The van der Waals surface area contributed by atoms with Gasteiger partial charge in [-0.3, -0.25) is 4.79 Å². The van der Waals surface area contributed by atoms with Crippen molar-refractivity contribution < 1.29 is 9.90 Å². The summed E-state index contributed by atoms with van der Waals surface area (Å²) >= 11 is 0. The number of aromatic nitrogens is 2. The molecule has 5 nitrogen and oxygen atoms in total. The van der Waals surface area contributed by atoms with Crippen LogP contribution >= 0.6 is 0 Å². The van der Waals surface area contributed by atoms with E-state index in [4.69, 9.17) is 0 Å². The molecule has 0 aliphatic carbocycles. The normalized spacial score (nSPS) is 10.7. The number of nitrogens with one attached hydrogen (secondary N) is 1. The molecule has 1 amide bonds. The number of phenols is 1. The molecular weight excluding hydrogens is 314 g/mol. The molecule has 0 bridgehead atoms. The molecule has 4 aromatic rings. The summed E-state index contributed by atoms with van der Waals surface area (Å²) in [6.45, 7) is 0. The highest BCUT2D eigenvalue weighted by molar-refractivity contribution is 6.06. The molecule has 0 aliphatic rings. The third-order valence-electron chi connectivity index (χ3n) is 3.99. The zero-order valence-corrected chi connectivity index (χ0v) is 13.3. The van der Waals surface area contributed by atoms with Crippen LogP contribution in [-0.2, 0) is 0 Å². The van der Waals surface area contributed by atoms with E-state index in [0.29, 0.717) is 11.3 Å². The highest BCUT2D eigenvalue weighted by Crippen LogP contribution is 2.22. The molecule has 0 fully saturated rings. The zero-order valence-electron chi connectivity index (χ0n) is 13.3. The van der Waals surface area contributed by atoms with Crippen LogP contribution in [0.3, 0.4) is 0 Å². The van der Waals surface area contributed by atoms with Crippen molar-refractivity contribution in [3.63, 3.8) is 0 Å². The number of rotatable bonds is 3. The molecule has 1 aromatic heterocycles. The van der Waals surface area contributed by atoms with Gasteiger partial charge in [-0.25, -0.2) is 4.98 Å². The van der Waals surface area contributed by atoms with Crippen molar-refractivity contribution in [1.82, 2.24) is 9.55 Å². The fourth-order valence-electron chi connectivity index (χ4n) is 2.73. The summed E-state index contributed by atoms with van der Waals surface area (Å²) in [4.78, 5) is 16.6. The van der Waals surface area contributed by atoms with Gasteiger partial charge in [0.2, 0.25) is 0 Å². The van der Waals surface area contributed by atoms with E-state index in [2.05, 4.69) is 10.3 Å². The first kappa shape index (κ1) is 15.0. The third kappa shape index (κ3) is 3.07. The number of benzene rings is 3. The summed E-state index contributed by atoms with van der Waals surface area (Å²) < 4.78 is 1.87. The smallest absolute Gasteiger partial charge is 0.255 e. The Kier molecular flexibility index (Phi) is 3.67. The van der Waals surface area contributed by atoms with Crippen LogP contribution in [0.1, 0.15) is 10.4 Å². The van der Waals surface area contributed by atoms with Crippen molar-refractivity contribution in [2.75, 3.05) is 5.32 Å². The van der Waals surface area contributed by atoms with Crippen LogP contribution in [0.15, 0.2) is 79.4 Å². The molecule has 0 unspecified atom stereocenters. The number of hydrogen-bond acceptors (Lipinski definition) is 3. The number of carbonyl (C=O) groups is 1. The fourth-order valence-corrected chi connectivity index (χ4v) is 2.73. The summed E-state index contributed by atoms with van der Waals surface area (Å²) in [5.41, 5.74) is 2.19. The summed E-state index contributed by atoms with van der Waals surface area (Å²) in [6.07, 6.45) is 5.26. The molecule has 0 atom stereocenters. The molecule has 1 heterocycles. The SMILES string of the molecule is O=C(Nc1cccc(-n2ccnc2)c1)c1ccc2cc(O)ccc2c1. The molecule has 2 N–H and O–H groups in total. The van der Waals surface area contributed by atoms with E-state index in [-0.39, 0.29) is 11.7 Å². The molecule has 0 spiro atoms. The molecule has 122 valence electrons. The summed E-state index contributed by atoms with van der Waals surface area (Å²) in [5, 5.41) is 14.2. The van der Waals surface area contributed by atoms with Gasteiger partial charge in [0.05, 0.1) is 6.33 Å². The maximum Gasteiger partial charge on any atom is 0.255 e. The van der Waals surface area contributed by atoms with Gasteiger partial charge >= 0.3 is 0 Å². The minimum atomic E-state index is -0.183. The summed E-state index contributed by atoms with van der Waals surface area (Å²) in [7, 11) is 0. The van der Waals surface area contributed by atoms with Crippen molar-refractivity contribution in [1.29, 1.82) is 0 Å². The summed E-state index contributed by atoms with van der Waals surface area (Å²) in [5.74, 6) is 0.0266. The van der Waals surface area contributed by atoms with E-state index < -0.39 is 0 Å². The van der Waals surface area contributed by atoms with Gasteiger partial charge in [-0.15, -0.1) is 0 Å². The van der Waals surface area contributed by atoms with Gasteiger partial charge < -0.3 is 15.0 Å². The highest BCUT2D eigenvalue weighted by Gasteiger charge is 2.08. The number of anilines is 1. The lowest BCUT2D eigenvalue weighted by molar-refractivity contribution is 0.102. The largest absolute Gasteiger partial charge is 0.508 e. The van der Waals surface area contributed by atoms with Crippen LogP contribution in [0.25, 0.3) is 16.5 Å². The Labute approximate surface area is 144 Å². The second kappa shape index (κ2) is 6.13. The van der Waals surface area contributed by atoms with Gasteiger partial charge in [-0.1, -0.05) is 18.2 Å².